The number of anilines is 1. The maximum atomic E-state index is 13.8. The number of halogens is 4. The summed E-state index contributed by atoms with van der Waals surface area (Å²) in [5.74, 6) is -6.68. The highest BCUT2D eigenvalue weighted by molar-refractivity contribution is 7.92. The molecule has 208 valence electrons. The molecule has 2 aromatic rings. The minimum Gasteiger partial charge on any atom is -0.389 e. The molecule has 0 aromatic heterocycles. The molecule has 14 heteroatoms. The van der Waals surface area contributed by atoms with Gasteiger partial charge in [-0.25, -0.2) is 34.7 Å². The third-order valence-corrected chi connectivity index (χ3v) is 11.4. The summed E-state index contributed by atoms with van der Waals surface area (Å²) in [6, 6.07) is 4.70. The Morgan fingerprint density at radius 1 is 1.05 bits per heavy atom. The Hall–Kier alpha value is -2.19. The normalized spacial score (nSPS) is 25.4. The maximum absolute atomic E-state index is 13.8. The molecule has 0 spiro atoms. The zero-order valence-corrected chi connectivity index (χ0v) is 22.6. The van der Waals surface area contributed by atoms with Gasteiger partial charge in [0.1, 0.15) is 0 Å². The van der Waals surface area contributed by atoms with E-state index in [1.165, 1.54) is 19.1 Å². The Morgan fingerprint density at radius 2 is 1.63 bits per heavy atom. The predicted molar refractivity (Wildman–Crippen MR) is 135 cm³/mol. The summed E-state index contributed by atoms with van der Waals surface area (Å²) < 4.78 is 93.8. The van der Waals surface area contributed by atoms with Crippen molar-refractivity contribution in [1.82, 2.24) is 4.72 Å². The molecule has 0 aliphatic heterocycles. The Balaban J connectivity index is 1.57. The number of benzene rings is 2. The highest BCUT2D eigenvalue weighted by Gasteiger charge is 2.54. The molecule has 2 aliphatic carbocycles. The van der Waals surface area contributed by atoms with Crippen molar-refractivity contribution < 1.29 is 39.9 Å². The van der Waals surface area contributed by atoms with Crippen LogP contribution in [0.25, 0.3) is 0 Å². The lowest BCUT2D eigenvalue weighted by molar-refractivity contribution is -0.0136. The van der Waals surface area contributed by atoms with Gasteiger partial charge in [0.2, 0.25) is 10.0 Å². The summed E-state index contributed by atoms with van der Waals surface area (Å²) in [6.07, 6.45) is 1.16. The third-order valence-electron chi connectivity index (χ3n) is 7.22. The molecule has 3 N–H and O–H groups in total. The van der Waals surface area contributed by atoms with E-state index in [0.717, 1.165) is 6.07 Å². The number of nitrogens with one attached hydrogen (secondary N) is 2. The number of aliphatic hydroxyl groups is 1. The topological polar surface area (TPSA) is 130 Å². The lowest BCUT2D eigenvalue weighted by Gasteiger charge is -2.41. The number of carbonyl (C=O) groups is 1. The molecule has 0 radical (unpaired) electrons. The van der Waals surface area contributed by atoms with Crippen LogP contribution in [0.5, 0.6) is 0 Å². The van der Waals surface area contributed by atoms with E-state index in [9.17, 15) is 39.9 Å². The summed E-state index contributed by atoms with van der Waals surface area (Å²) in [5.41, 5.74) is -1.92. The highest BCUT2D eigenvalue weighted by atomic mass is 35.5. The van der Waals surface area contributed by atoms with Crippen molar-refractivity contribution in [3.05, 3.63) is 58.4 Å². The Bertz CT molecular complexity index is 1450. The van der Waals surface area contributed by atoms with Crippen LogP contribution in [0.1, 0.15) is 43.0 Å². The van der Waals surface area contributed by atoms with Gasteiger partial charge in [-0.05, 0) is 62.6 Å². The second kappa shape index (κ2) is 10.4. The summed E-state index contributed by atoms with van der Waals surface area (Å²) in [5, 5.41) is 12.2. The summed E-state index contributed by atoms with van der Waals surface area (Å²) in [4.78, 5) is 12.4. The van der Waals surface area contributed by atoms with E-state index in [0.29, 0.717) is 25.0 Å². The van der Waals surface area contributed by atoms with Crippen LogP contribution in [0.3, 0.4) is 0 Å². The van der Waals surface area contributed by atoms with E-state index < -0.39 is 65.9 Å². The third kappa shape index (κ3) is 5.71. The van der Waals surface area contributed by atoms with Crippen LogP contribution >= 0.6 is 11.6 Å². The second-order valence-corrected chi connectivity index (χ2v) is 14.4. The minimum absolute atomic E-state index is 0.0686. The number of hydrogen-bond acceptors (Lipinski definition) is 6. The van der Waals surface area contributed by atoms with Crippen LogP contribution in [-0.4, -0.2) is 51.0 Å². The smallest absolute Gasteiger partial charge is 0.255 e. The van der Waals surface area contributed by atoms with Crippen LogP contribution in [-0.2, 0) is 19.9 Å². The lowest BCUT2D eigenvalue weighted by atomic mass is 9.77. The molecule has 2 bridgehead atoms. The number of amides is 1. The molecule has 2 aliphatic rings. The summed E-state index contributed by atoms with van der Waals surface area (Å²) in [7, 11) is -7.65. The predicted octanol–water partition coefficient (Wildman–Crippen LogP) is 3.64. The molecule has 2 unspecified atom stereocenters. The first kappa shape index (κ1) is 28.8. The van der Waals surface area contributed by atoms with Crippen LogP contribution in [0.2, 0.25) is 5.02 Å². The lowest BCUT2D eigenvalue weighted by Crippen LogP contribution is -2.51. The largest absolute Gasteiger partial charge is 0.389 e. The molecule has 0 heterocycles. The molecule has 2 saturated carbocycles. The quantitative estimate of drug-likeness (QED) is 0.400. The number of fused-ring (bicyclic) bond motifs is 2. The molecular formula is C24H26ClF3N2O6S2. The van der Waals surface area contributed by atoms with Crippen molar-refractivity contribution in [2.75, 3.05) is 17.6 Å². The van der Waals surface area contributed by atoms with Crippen molar-refractivity contribution >= 4 is 43.1 Å². The molecule has 8 nitrogen and oxygen atoms in total. The van der Waals surface area contributed by atoms with Gasteiger partial charge in [-0.2, -0.15) is 0 Å². The van der Waals surface area contributed by atoms with Gasteiger partial charge in [-0.15, -0.1) is 0 Å². The average molecular weight is 595 g/mol. The van der Waals surface area contributed by atoms with Crippen molar-refractivity contribution in [3.8, 4) is 0 Å². The highest BCUT2D eigenvalue weighted by Crippen LogP contribution is 2.51. The number of sulfone groups is 1. The Kier molecular flexibility index (Phi) is 7.90. The van der Waals surface area contributed by atoms with Gasteiger partial charge in [0.25, 0.3) is 5.91 Å². The Labute approximate surface area is 223 Å². The van der Waals surface area contributed by atoms with Gasteiger partial charge in [0.05, 0.1) is 26.5 Å². The summed E-state index contributed by atoms with van der Waals surface area (Å²) in [6.45, 7) is 1.25. The molecular weight excluding hydrogens is 569 g/mol. The van der Waals surface area contributed by atoms with Crippen molar-refractivity contribution in [2.24, 2.45) is 11.8 Å². The van der Waals surface area contributed by atoms with E-state index in [1.807, 2.05) is 0 Å². The first-order chi connectivity index (χ1) is 17.7. The van der Waals surface area contributed by atoms with E-state index >= 15 is 0 Å². The molecule has 4 rings (SSSR count). The molecule has 1 amide bonds. The molecule has 2 fully saturated rings. The van der Waals surface area contributed by atoms with E-state index in [1.54, 1.807) is 0 Å². The fourth-order valence-corrected chi connectivity index (χ4v) is 9.01. The summed E-state index contributed by atoms with van der Waals surface area (Å²) >= 11 is 6.23. The molecule has 2 aromatic carbocycles. The molecule has 4 atom stereocenters. The minimum atomic E-state index is -4.11. The maximum Gasteiger partial charge on any atom is 0.255 e. The Morgan fingerprint density at radius 3 is 2.18 bits per heavy atom. The average Bonchev–Trinajstić information content (AvgIpc) is 3.14. The van der Waals surface area contributed by atoms with Crippen molar-refractivity contribution in [2.45, 2.75) is 48.4 Å². The van der Waals surface area contributed by atoms with Crippen LogP contribution < -0.4 is 10.0 Å². The SMILES string of the molecule is CCS(=O)(=O)NC[C@@]1(O)CC2CC[C@@H](C1)C2S(=O)(=O)c1cc(C(=O)Nc2cc(F)c(F)c(F)c2)ccc1Cl. The van der Waals surface area contributed by atoms with Crippen LogP contribution in [0, 0.1) is 29.3 Å². The van der Waals surface area contributed by atoms with E-state index in [2.05, 4.69) is 10.0 Å². The zero-order valence-electron chi connectivity index (χ0n) is 20.2. The number of hydrogen-bond donors (Lipinski definition) is 3. The number of carbonyl (C=O) groups excluding carboxylic acids is 1. The monoisotopic (exact) mass is 594 g/mol. The standard InChI is InChI=1S/C24H26ClF3N2O6S2/c1-2-37(33,34)29-12-24(32)10-14-3-4-15(11-24)22(14)38(35,36)20-7-13(5-6-17(20)25)23(31)30-16-8-18(26)21(28)19(27)9-16/h5-9,14-15,22,29,32H,2-4,10-12H2,1H3,(H,30,31)/t14-,15?,22?,24-/m0/s1. The zero-order chi connectivity index (χ0) is 28.0. The first-order valence-corrected chi connectivity index (χ1v) is 15.4. The van der Waals surface area contributed by atoms with Gasteiger partial charge in [0, 0.05) is 29.9 Å². The fourth-order valence-electron chi connectivity index (χ4n) is 5.48. The van der Waals surface area contributed by atoms with Gasteiger partial charge in [0.15, 0.2) is 27.3 Å². The van der Waals surface area contributed by atoms with Crippen LogP contribution in [0.4, 0.5) is 18.9 Å². The van der Waals surface area contributed by atoms with Gasteiger partial charge < -0.3 is 10.4 Å². The van der Waals surface area contributed by atoms with Gasteiger partial charge in [-0.3, -0.25) is 4.79 Å². The van der Waals surface area contributed by atoms with Gasteiger partial charge in [-0.1, -0.05) is 11.6 Å². The number of sulfonamides is 1. The van der Waals surface area contributed by atoms with Gasteiger partial charge >= 0.3 is 0 Å². The van der Waals surface area contributed by atoms with E-state index in [-0.39, 0.29) is 46.3 Å². The second-order valence-electron chi connectivity index (χ2n) is 9.82. The van der Waals surface area contributed by atoms with Crippen molar-refractivity contribution in [1.29, 1.82) is 0 Å². The molecule has 0 saturated heterocycles. The first-order valence-electron chi connectivity index (χ1n) is 11.8. The van der Waals surface area contributed by atoms with Crippen molar-refractivity contribution in [3.63, 3.8) is 0 Å². The van der Waals surface area contributed by atoms with E-state index in [4.69, 9.17) is 11.6 Å². The number of rotatable bonds is 8. The molecule has 38 heavy (non-hydrogen) atoms. The van der Waals surface area contributed by atoms with Crippen LogP contribution in [0.15, 0.2) is 35.2 Å². The fraction of sp³-hybridized carbons (Fsp3) is 0.458.